The van der Waals surface area contributed by atoms with Crippen LogP contribution in [0.15, 0.2) is 36.4 Å². The Hall–Kier alpha value is -1.83. The third-order valence-electron chi connectivity index (χ3n) is 3.01. The van der Waals surface area contributed by atoms with Gasteiger partial charge in [-0.2, -0.15) is 0 Å². The van der Waals surface area contributed by atoms with Crippen LogP contribution in [0.5, 0.6) is 0 Å². The number of amides is 1. The van der Waals surface area contributed by atoms with E-state index in [-0.39, 0.29) is 11.3 Å². The lowest BCUT2D eigenvalue weighted by molar-refractivity contribution is -0.114. The average molecular weight is 241 g/mol. The number of anilines is 1. The van der Waals surface area contributed by atoms with Crippen LogP contribution in [0.4, 0.5) is 5.69 Å². The molecule has 2 aromatic carbocycles. The molecule has 0 aliphatic carbocycles. The number of hydrogen-bond acceptors (Lipinski definition) is 1. The van der Waals surface area contributed by atoms with E-state index in [2.05, 4.69) is 50.4 Å². The van der Waals surface area contributed by atoms with Gasteiger partial charge in [0.05, 0.1) is 0 Å². The zero-order valence-corrected chi connectivity index (χ0v) is 11.4. The predicted octanol–water partition coefficient (Wildman–Crippen LogP) is 4.10. The Bertz CT molecular complexity index is 594. The number of nitrogens with one attached hydrogen (secondary N) is 1. The van der Waals surface area contributed by atoms with Gasteiger partial charge in [0.1, 0.15) is 0 Å². The molecule has 2 aromatic rings. The molecule has 18 heavy (non-hydrogen) atoms. The lowest BCUT2D eigenvalue weighted by Gasteiger charge is -2.21. The molecule has 0 saturated carbocycles. The fourth-order valence-electron chi connectivity index (χ4n) is 2.22. The van der Waals surface area contributed by atoms with Crippen molar-refractivity contribution in [2.24, 2.45) is 0 Å². The van der Waals surface area contributed by atoms with Crippen LogP contribution in [-0.2, 0) is 10.2 Å². The second-order valence-electron chi connectivity index (χ2n) is 5.67. The molecule has 0 radical (unpaired) electrons. The van der Waals surface area contributed by atoms with E-state index in [0.29, 0.717) is 0 Å². The Morgan fingerprint density at radius 3 is 2.44 bits per heavy atom. The van der Waals surface area contributed by atoms with Gasteiger partial charge in [0.15, 0.2) is 0 Å². The molecule has 0 aromatic heterocycles. The summed E-state index contributed by atoms with van der Waals surface area (Å²) in [5.41, 5.74) is 2.30. The summed E-state index contributed by atoms with van der Waals surface area (Å²) in [5, 5.41) is 5.23. The third-order valence-corrected chi connectivity index (χ3v) is 3.01. The molecule has 1 amide bonds. The van der Waals surface area contributed by atoms with Crippen molar-refractivity contribution >= 4 is 22.4 Å². The number of fused-ring (bicyclic) bond motifs is 1. The van der Waals surface area contributed by atoms with Gasteiger partial charge in [-0.25, -0.2) is 0 Å². The standard InChI is InChI=1S/C16H19NO/c1-11(18)17-13-8-9-14-12(10-13)6-5-7-15(14)16(2,3)4/h5-10H,1-4H3,(H,17,18). The van der Waals surface area contributed by atoms with Crippen molar-refractivity contribution in [3.63, 3.8) is 0 Å². The SMILES string of the molecule is CC(=O)Nc1ccc2c(C(C)(C)C)cccc2c1. The van der Waals surface area contributed by atoms with Gasteiger partial charge in [-0.05, 0) is 33.9 Å². The van der Waals surface area contributed by atoms with Crippen LogP contribution in [0.1, 0.15) is 33.3 Å². The van der Waals surface area contributed by atoms with E-state index in [1.807, 2.05) is 12.1 Å². The maximum absolute atomic E-state index is 11.1. The van der Waals surface area contributed by atoms with Gasteiger partial charge >= 0.3 is 0 Å². The first-order chi connectivity index (χ1) is 8.38. The largest absolute Gasteiger partial charge is 0.326 e. The van der Waals surface area contributed by atoms with Gasteiger partial charge in [0.2, 0.25) is 5.91 Å². The van der Waals surface area contributed by atoms with Crippen LogP contribution in [0.25, 0.3) is 10.8 Å². The lowest BCUT2D eigenvalue weighted by Crippen LogP contribution is -2.11. The average Bonchev–Trinajstić information content (AvgIpc) is 2.25. The first-order valence-corrected chi connectivity index (χ1v) is 6.19. The Labute approximate surface area is 108 Å². The van der Waals surface area contributed by atoms with Crippen molar-refractivity contribution in [2.45, 2.75) is 33.1 Å². The van der Waals surface area contributed by atoms with E-state index in [1.54, 1.807) is 0 Å². The maximum Gasteiger partial charge on any atom is 0.221 e. The van der Waals surface area contributed by atoms with Gasteiger partial charge in [-0.3, -0.25) is 4.79 Å². The Morgan fingerprint density at radius 1 is 1.11 bits per heavy atom. The summed E-state index contributed by atoms with van der Waals surface area (Å²) in [7, 11) is 0. The molecule has 0 aliphatic heterocycles. The zero-order valence-electron chi connectivity index (χ0n) is 11.4. The molecule has 0 atom stereocenters. The summed E-state index contributed by atoms with van der Waals surface area (Å²) in [4.78, 5) is 11.1. The van der Waals surface area contributed by atoms with E-state index in [0.717, 1.165) is 11.1 Å². The summed E-state index contributed by atoms with van der Waals surface area (Å²) in [6.45, 7) is 8.16. The summed E-state index contributed by atoms with van der Waals surface area (Å²) in [5.74, 6) is -0.0404. The Morgan fingerprint density at radius 2 is 1.83 bits per heavy atom. The van der Waals surface area contributed by atoms with Crippen LogP contribution in [0, 0.1) is 0 Å². The normalized spacial score (nSPS) is 11.6. The molecule has 0 heterocycles. The molecule has 2 rings (SSSR count). The van der Waals surface area contributed by atoms with Gasteiger partial charge in [-0.15, -0.1) is 0 Å². The number of hydrogen-bond donors (Lipinski definition) is 1. The second kappa shape index (κ2) is 4.45. The first kappa shape index (κ1) is 12.6. The summed E-state index contributed by atoms with van der Waals surface area (Å²) >= 11 is 0. The molecule has 0 spiro atoms. The Kier molecular flexibility index (Phi) is 3.12. The monoisotopic (exact) mass is 241 g/mol. The zero-order chi connectivity index (χ0) is 13.3. The van der Waals surface area contributed by atoms with Gasteiger partial charge in [-0.1, -0.05) is 45.0 Å². The molecule has 2 nitrogen and oxygen atoms in total. The number of carbonyl (C=O) groups excluding carboxylic acids is 1. The smallest absolute Gasteiger partial charge is 0.221 e. The van der Waals surface area contributed by atoms with E-state index in [9.17, 15) is 4.79 Å². The van der Waals surface area contributed by atoms with Crippen LogP contribution < -0.4 is 5.32 Å². The molecule has 0 bridgehead atoms. The highest BCUT2D eigenvalue weighted by atomic mass is 16.1. The van der Waals surface area contributed by atoms with Crippen molar-refractivity contribution in [3.8, 4) is 0 Å². The van der Waals surface area contributed by atoms with Crippen LogP contribution in [0.2, 0.25) is 0 Å². The maximum atomic E-state index is 11.1. The quantitative estimate of drug-likeness (QED) is 0.800. The number of carbonyl (C=O) groups is 1. The van der Waals surface area contributed by atoms with Crippen LogP contribution in [0.3, 0.4) is 0 Å². The van der Waals surface area contributed by atoms with Crippen molar-refractivity contribution in [2.75, 3.05) is 5.32 Å². The van der Waals surface area contributed by atoms with E-state index < -0.39 is 0 Å². The molecule has 2 heteroatoms. The molecule has 0 saturated heterocycles. The predicted molar refractivity (Wildman–Crippen MR) is 77.0 cm³/mol. The van der Waals surface area contributed by atoms with Crippen LogP contribution in [-0.4, -0.2) is 5.91 Å². The van der Waals surface area contributed by atoms with Crippen molar-refractivity contribution in [3.05, 3.63) is 42.0 Å². The molecular weight excluding hydrogens is 222 g/mol. The summed E-state index contributed by atoms with van der Waals surface area (Å²) < 4.78 is 0. The van der Waals surface area contributed by atoms with Crippen molar-refractivity contribution in [1.82, 2.24) is 0 Å². The van der Waals surface area contributed by atoms with Gasteiger partial charge in [0, 0.05) is 12.6 Å². The molecule has 1 N–H and O–H groups in total. The molecule has 94 valence electrons. The highest BCUT2D eigenvalue weighted by molar-refractivity contribution is 5.94. The number of rotatable bonds is 1. The van der Waals surface area contributed by atoms with E-state index >= 15 is 0 Å². The summed E-state index contributed by atoms with van der Waals surface area (Å²) in [6, 6.07) is 12.4. The molecular formula is C16H19NO. The first-order valence-electron chi connectivity index (χ1n) is 6.19. The van der Waals surface area contributed by atoms with Crippen molar-refractivity contribution < 1.29 is 4.79 Å². The lowest BCUT2D eigenvalue weighted by atomic mass is 9.84. The third kappa shape index (κ3) is 2.53. The molecule has 0 fully saturated rings. The fraction of sp³-hybridized carbons (Fsp3) is 0.312. The van der Waals surface area contributed by atoms with E-state index in [1.165, 1.54) is 17.9 Å². The topological polar surface area (TPSA) is 29.1 Å². The minimum atomic E-state index is -0.0404. The number of benzene rings is 2. The minimum Gasteiger partial charge on any atom is -0.326 e. The van der Waals surface area contributed by atoms with Crippen LogP contribution >= 0.6 is 0 Å². The van der Waals surface area contributed by atoms with Gasteiger partial charge < -0.3 is 5.32 Å². The second-order valence-corrected chi connectivity index (χ2v) is 5.67. The minimum absolute atomic E-state index is 0.0404. The highest BCUT2D eigenvalue weighted by Crippen LogP contribution is 2.31. The van der Waals surface area contributed by atoms with Gasteiger partial charge in [0.25, 0.3) is 0 Å². The van der Waals surface area contributed by atoms with E-state index in [4.69, 9.17) is 0 Å². The Balaban J connectivity index is 2.57. The highest BCUT2D eigenvalue weighted by Gasteiger charge is 2.16. The molecule has 0 unspecified atom stereocenters. The molecule has 0 aliphatic rings. The van der Waals surface area contributed by atoms with Crippen molar-refractivity contribution in [1.29, 1.82) is 0 Å². The summed E-state index contributed by atoms with van der Waals surface area (Å²) in [6.07, 6.45) is 0. The fourth-order valence-corrected chi connectivity index (χ4v) is 2.22.